The lowest BCUT2D eigenvalue weighted by atomic mass is 9.90. The predicted molar refractivity (Wildman–Crippen MR) is 70.2 cm³/mol. The fourth-order valence-corrected chi connectivity index (χ4v) is 2.58. The van der Waals surface area contributed by atoms with Crippen LogP contribution in [0.3, 0.4) is 0 Å². The Labute approximate surface area is 97.5 Å². The Bertz CT molecular complexity index is 527. The van der Waals surface area contributed by atoms with E-state index in [1.165, 1.54) is 38.6 Å². The van der Waals surface area contributed by atoms with Crippen LogP contribution in [0.15, 0.2) is 6.20 Å². The van der Waals surface area contributed by atoms with E-state index in [-0.39, 0.29) is 0 Å². The fraction of sp³-hybridized carbons (Fsp3) is 0.400. The molecule has 16 heavy (non-hydrogen) atoms. The smallest absolute Gasteiger partial charge is 0.0454 e. The van der Waals surface area contributed by atoms with Crippen molar-refractivity contribution >= 4 is 10.8 Å². The number of hydrogen-bond acceptors (Lipinski definition) is 1. The van der Waals surface area contributed by atoms with Crippen LogP contribution >= 0.6 is 0 Å². The average Bonchev–Trinajstić information content (AvgIpc) is 2.26. The average molecular weight is 213 g/mol. The van der Waals surface area contributed by atoms with Crippen molar-refractivity contribution in [1.29, 1.82) is 0 Å². The van der Waals surface area contributed by atoms with E-state index in [0.29, 0.717) is 0 Å². The maximum Gasteiger partial charge on any atom is 0.0454 e. The summed E-state index contributed by atoms with van der Waals surface area (Å²) in [5.74, 6) is 0. The van der Waals surface area contributed by atoms with Crippen LogP contribution in [-0.2, 0) is 0 Å². The van der Waals surface area contributed by atoms with Crippen molar-refractivity contribution in [2.45, 2.75) is 41.5 Å². The summed E-state index contributed by atoms with van der Waals surface area (Å²) < 4.78 is 0. The van der Waals surface area contributed by atoms with Crippen molar-refractivity contribution in [2.75, 3.05) is 0 Å². The highest BCUT2D eigenvalue weighted by atomic mass is 14.7. The second kappa shape index (κ2) is 3.58. The van der Waals surface area contributed by atoms with Gasteiger partial charge in [0.25, 0.3) is 0 Å². The molecule has 0 amide bonds. The number of pyridine rings is 1. The largest absolute Gasteiger partial charge is 0.261 e. The molecular weight excluding hydrogens is 194 g/mol. The van der Waals surface area contributed by atoms with Gasteiger partial charge in [0.2, 0.25) is 0 Å². The third kappa shape index (κ3) is 1.35. The second-order valence-corrected chi connectivity index (χ2v) is 4.78. The molecular formula is C15H19N. The van der Waals surface area contributed by atoms with Crippen molar-refractivity contribution in [3.05, 3.63) is 39.7 Å². The summed E-state index contributed by atoms with van der Waals surface area (Å²) >= 11 is 0. The molecule has 0 unspecified atom stereocenters. The topological polar surface area (TPSA) is 12.9 Å². The van der Waals surface area contributed by atoms with Crippen molar-refractivity contribution in [2.24, 2.45) is 0 Å². The predicted octanol–water partition coefficient (Wildman–Crippen LogP) is 4.09. The molecule has 1 aromatic carbocycles. The maximum atomic E-state index is 4.48. The Morgan fingerprint density at radius 3 is 1.75 bits per heavy atom. The van der Waals surface area contributed by atoms with E-state index in [1.807, 2.05) is 6.20 Å². The van der Waals surface area contributed by atoms with Gasteiger partial charge in [0.05, 0.1) is 0 Å². The minimum Gasteiger partial charge on any atom is -0.261 e. The second-order valence-electron chi connectivity index (χ2n) is 4.78. The minimum atomic E-state index is 1.14. The molecule has 0 radical (unpaired) electrons. The molecule has 0 N–H and O–H groups in total. The van der Waals surface area contributed by atoms with E-state index >= 15 is 0 Å². The van der Waals surface area contributed by atoms with Crippen LogP contribution in [0.2, 0.25) is 0 Å². The first-order chi connectivity index (χ1) is 7.45. The van der Waals surface area contributed by atoms with Crippen molar-refractivity contribution < 1.29 is 0 Å². The Morgan fingerprint density at radius 1 is 0.688 bits per heavy atom. The summed E-state index contributed by atoms with van der Waals surface area (Å²) in [6.45, 7) is 13.1. The summed E-state index contributed by atoms with van der Waals surface area (Å²) in [5, 5.41) is 2.74. The van der Waals surface area contributed by atoms with Gasteiger partial charge in [0.1, 0.15) is 0 Å². The first-order valence-corrected chi connectivity index (χ1v) is 5.77. The molecule has 84 valence electrons. The van der Waals surface area contributed by atoms with Crippen LogP contribution in [0.5, 0.6) is 0 Å². The molecule has 0 bridgehead atoms. The summed E-state index contributed by atoms with van der Waals surface area (Å²) in [5.41, 5.74) is 8.03. The molecule has 1 nitrogen and oxygen atoms in total. The molecule has 0 fully saturated rings. The number of rotatable bonds is 0. The minimum absolute atomic E-state index is 1.14. The number of nitrogens with zero attached hydrogens (tertiary/aromatic N) is 1. The summed E-state index contributed by atoms with van der Waals surface area (Å²) in [6, 6.07) is 0. The zero-order chi connectivity index (χ0) is 12.0. The molecule has 1 aromatic heterocycles. The summed E-state index contributed by atoms with van der Waals surface area (Å²) in [7, 11) is 0. The van der Waals surface area contributed by atoms with E-state index in [1.54, 1.807) is 0 Å². The lowest BCUT2D eigenvalue weighted by molar-refractivity contribution is 1.17. The maximum absolute atomic E-state index is 4.48. The van der Waals surface area contributed by atoms with Gasteiger partial charge in [-0.1, -0.05) is 0 Å². The number of aromatic nitrogens is 1. The first kappa shape index (κ1) is 11.1. The Hall–Kier alpha value is -1.37. The highest BCUT2D eigenvalue weighted by molar-refractivity contribution is 5.94. The van der Waals surface area contributed by atoms with Gasteiger partial charge in [-0.3, -0.25) is 4.98 Å². The molecule has 1 heterocycles. The van der Waals surface area contributed by atoms with E-state index in [9.17, 15) is 0 Å². The van der Waals surface area contributed by atoms with Crippen LogP contribution in [0.4, 0.5) is 0 Å². The van der Waals surface area contributed by atoms with Gasteiger partial charge in [-0.15, -0.1) is 0 Å². The molecule has 0 aliphatic carbocycles. The molecule has 0 aliphatic heterocycles. The highest BCUT2D eigenvalue weighted by Gasteiger charge is 2.12. The molecule has 0 saturated carbocycles. The van der Waals surface area contributed by atoms with Crippen molar-refractivity contribution in [3.63, 3.8) is 0 Å². The third-order valence-electron chi connectivity index (χ3n) is 3.90. The normalized spacial score (nSPS) is 11.1. The molecule has 0 saturated heterocycles. The van der Waals surface area contributed by atoms with Gasteiger partial charge in [0, 0.05) is 17.3 Å². The van der Waals surface area contributed by atoms with E-state index < -0.39 is 0 Å². The van der Waals surface area contributed by atoms with Crippen LogP contribution in [0.25, 0.3) is 10.8 Å². The third-order valence-corrected chi connectivity index (χ3v) is 3.90. The number of aryl methyl sites for hydroxylation is 4. The monoisotopic (exact) mass is 213 g/mol. The van der Waals surface area contributed by atoms with Gasteiger partial charge < -0.3 is 0 Å². The summed E-state index contributed by atoms with van der Waals surface area (Å²) in [6.07, 6.45) is 1.98. The highest BCUT2D eigenvalue weighted by Crippen LogP contribution is 2.32. The molecule has 2 rings (SSSR count). The molecule has 2 aromatic rings. The molecule has 0 aliphatic rings. The Morgan fingerprint density at radius 2 is 1.19 bits per heavy atom. The lowest BCUT2D eigenvalue weighted by Gasteiger charge is -2.16. The Kier molecular flexibility index (Phi) is 2.49. The first-order valence-electron chi connectivity index (χ1n) is 5.77. The summed E-state index contributed by atoms with van der Waals surface area (Å²) in [4.78, 5) is 4.48. The zero-order valence-corrected chi connectivity index (χ0v) is 11.0. The van der Waals surface area contributed by atoms with E-state index in [2.05, 4.69) is 46.5 Å². The van der Waals surface area contributed by atoms with Gasteiger partial charge in [0.15, 0.2) is 0 Å². The van der Waals surface area contributed by atoms with E-state index in [0.717, 1.165) is 5.69 Å². The molecule has 0 spiro atoms. The van der Waals surface area contributed by atoms with Gasteiger partial charge in [-0.2, -0.15) is 0 Å². The van der Waals surface area contributed by atoms with Gasteiger partial charge >= 0.3 is 0 Å². The van der Waals surface area contributed by atoms with Crippen molar-refractivity contribution in [3.8, 4) is 0 Å². The standard InChI is InChI=1S/C15H19N/c1-8-7-16-13(6)15-12(5)10(3)9(2)11(4)14(8)15/h7H,1-6H3. The quantitative estimate of drug-likeness (QED) is 0.642. The molecule has 1 heteroatoms. The zero-order valence-electron chi connectivity index (χ0n) is 11.0. The SMILES string of the molecule is Cc1c(C)c(C)c2c(C)ncc(C)c2c1C. The number of hydrogen-bond donors (Lipinski definition) is 0. The van der Waals surface area contributed by atoms with Crippen LogP contribution < -0.4 is 0 Å². The van der Waals surface area contributed by atoms with Gasteiger partial charge in [-0.25, -0.2) is 0 Å². The fourth-order valence-electron chi connectivity index (χ4n) is 2.58. The molecule has 0 atom stereocenters. The van der Waals surface area contributed by atoms with Crippen LogP contribution in [0, 0.1) is 41.5 Å². The van der Waals surface area contributed by atoms with Crippen LogP contribution in [0.1, 0.15) is 33.5 Å². The Balaban J connectivity index is 3.14. The van der Waals surface area contributed by atoms with Crippen LogP contribution in [-0.4, -0.2) is 4.98 Å². The lowest BCUT2D eigenvalue weighted by Crippen LogP contribution is -1.98. The van der Waals surface area contributed by atoms with Crippen molar-refractivity contribution in [1.82, 2.24) is 4.98 Å². The number of benzene rings is 1. The van der Waals surface area contributed by atoms with Gasteiger partial charge in [-0.05, 0) is 74.7 Å². The number of fused-ring (bicyclic) bond motifs is 1. The van der Waals surface area contributed by atoms with E-state index in [4.69, 9.17) is 0 Å².